The van der Waals surface area contributed by atoms with Crippen molar-refractivity contribution >= 4 is 17.5 Å². The molecule has 134 valence electrons. The van der Waals surface area contributed by atoms with Crippen LogP contribution < -0.4 is 10.6 Å². The summed E-state index contributed by atoms with van der Waals surface area (Å²) in [5.41, 5.74) is 1.50. The molecular formula is C19H19F2N5. The van der Waals surface area contributed by atoms with Crippen LogP contribution in [-0.2, 0) is 0 Å². The maximum atomic E-state index is 14.0. The third-order valence-electron chi connectivity index (χ3n) is 3.90. The predicted molar refractivity (Wildman–Crippen MR) is 98.3 cm³/mol. The van der Waals surface area contributed by atoms with E-state index in [4.69, 9.17) is 0 Å². The predicted octanol–water partition coefficient (Wildman–Crippen LogP) is 4.77. The van der Waals surface area contributed by atoms with Gasteiger partial charge in [0.1, 0.15) is 5.82 Å². The highest BCUT2D eigenvalue weighted by Crippen LogP contribution is 2.25. The molecule has 0 saturated carbocycles. The Bertz CT molecular complexity index is 886. The van der Waals surface area contributed by atoms with Crippen molar-refractivity contribution in [3.63, 3.8) is 0 Å². The molecule has 0 amide bonds. The lowest BCUT2D eigenvalue weighted by Crippen LogP contribution is -2.16. The van der Waals surface area contributed by atoms with E-state index in [9.17, 15) is 8.78 Å². The Labute approximate surface area is 150 Å². The van der Waals surface area contributed by atoms with Crippen LogP contribution in [-0.4, -0.2) is 21.0 Å². The maximum absolute atomic E-state index is 14.0. The summed E-state index contributed by atoms with van der Waals surface area (Å²) >= 11 is 0. The van der Waals surface area contributed by atoms with Gasteiger partial charge >= 0.3 is 0 Å². The van der Waals surface area contributed by atoms with Crippen LogP contribution in [0.3, 0.4) is 0 Å². The number of rotatable bonds is 6. The second-order valence-corrected chi connectivity index (χ2v) is 5.88. The average molecular weight is 355 g/mol. The highest BCUT2D eigenvalue weighted by atomic mass is 19.2. The molecule has 0 unspecified atom stereocenters. The Morgan fingerprint density at radius 2 is 1.85 bits per heavy atom. The number of aromatic nitrogens is 3. The van der Waals surface area contributed by atoms with Gasteiger partial charge in [0.15, 0.2) is 11.6 Å². The van der Waals surface area contributed by atoms with E-state index in [1.807, 2.05) is 26.0 Å². The second-order valence-electron chi connectivity index (χ2n) is 5.88. The molecule has 0 aliphatic heterocycles. The van der Waals surface area contributed by atoms with Crippen LogP contribution in [0.1, 0.15) is 20.3 Å². The Hall–Kier alpha value is -3.09. The normalized spacial score (nSPS) is 11.8. The zero-order valence-electron chi connectivity index (χ0n) is 14.5. The average Bonchev–Trinajstić information content (AvgIpc) is 2.66. The summed E-state index contributed by atoms with van der Waals surface area (Å²) in [4.78, 5) is 12.9. The van der Waals surface area contributed by atoms with E-state index < -0.39 is 11.6 Å². The van der Waals surface area contributed by atoms with E-state index in [0.29, 0.717) is 17.5 Å². The van der Waals surface area contributed by atoms with Crippen LogP contribution in [0.15, 0.2) is 48.8 Å². The topological polar surface area (TPSA) is 62.7 Å². The summed E-state index contributed by atoms with van der Waals surface area (Å²) in [5.74, 6) is -1.10. The molecule has 0 bridgehead atoms. The van der Waals surface area contributed by atoms with E-state index in [-0.39, 0.29) is 11.7 Å². The van der Waals surface area contributed by atoms with Gasteiger partial charge < -0.3 is 10.6 Å². The molecule has 5 nitrogen and oxygen atoms in total. The fraction of sp³-hybridized carbons (Fsp3) is 0.211. The zero-order valence-corrected chi connectivity index (χ0v) is 14.5. The zero-order chi connectivity index (χ0) is 18.5. The molecule has 7 heteroatoms. The molecule has 26 heavy (non-hydrogen) atoms. The van der Waals surface area contributed by atoms with E-state index in [0.717, 1.165) is 18.1 Å². The monoisotopic (exact) mass is 355 g/mol. The number of nitrogens with one attached hydrogen (secondary N) is 2. The molecule has 2 aromatic heterocycles. The number of benzene rings is 1. The van der Waals surface area contributed by atoms with Gasteiger partial charge in [-0.25, -0.2) is 13.8 Å². The highest BCUT2D eigenvalue weighted by molar-refractivity contribution is 5.67. The minimum absolute atomic E-state index is 0.0128. The maximum Gasteiger partial charge on any atom is 0.225 e. The Morgan fingerprint density at radius 1 is 1.08 bits per heavy atom. The molecule has 2 heterocycles. The Kier molecular flexibility index (Phi) is 5.36. The van der Waals surface area contributed by atoms with Crippen LogP contribution in [0.25, 0.3) is 11.3 Å². The lowest BCUT2D eigenvalue weighted by molar-refractivity contribution is 0.511. The molecule has 0 aliphatic carbocycles. The number of nitrogens with zero attached hydrogens (tertiary/aromatic N) is 3. The molecule has 0 fully saturated rings. The number of hydrogen-bond acceptors (Lipinski definition) is 5. The highest BCUT2D eigenvalue weighted by Gasteiger charge is 2.12. The van der Waals surface area contributed by atoms with Crippen LogP contribution in [0.2, 0.25) is 0 Å². The van der Waals surface area contributed by atoms with Crippen LogP contribution in [0.5, 0.6) is 0 Å². The number of hydrogen-bond donors (Lipinski definition) is 2. The van der Waals surface area contributed by atoms with E-state index in [1.165, 1.54) is 12.1 Å². The quantitative estimate of drug-likeness (QED) is 0.667. The van der Waals surface area contributed by atoms with Crippen molar-refractivity contribution < 1.29 is 8.78 Å². The van der Waals surface area contributed by atoms with Gasteiger partial charge in [0.05, 0.1) is 11.4 Å². The number of halogens is 2. The van der Waals surface area contributed by atoms with Crippen molar-refractivity contribution in [2.45, 2.75) is 26.3 Å². The summed E-state index contributed by atoms with van der Waals surface area (Å²) in [6, 6.07) is 9.45. The fourth-order valence-corrected chi connectivity index (χ4v) is 2.31. The van der Waals surface area contributed by atoms with Crippen molar-refractivity contribution in [2.24, 2.45) is 0 Å². The molecule has 0 aliphatic rings. The Balaban J connectivity index is 2.00. The van der Waals surface area contributed by atoms with Crippen LogP contribution in [0, 0.1) is 11.6 Å². The van der Waals surface area contributed by atoms with E-state index in [1.54, 1.807) is 18.5 Å². The van der Waals surface area contributed by atoms with E-state index in [2.05, 4.69) is 25.6 Å². The third kappa shape index (κ3) is 4.11. The summed E-state index contributed by atoms with van der Waals surface area (Å²) in [7, 11) is 0. The van der Waals surface area contributed by atoms with Crippen molar-refractivity contribution in [2.75, 3.05) is 10.6 Å². The molecule has 1 atom stereocenters. The van der Waals surface area contributed by atoms with Crippen LogP contribution in [0.4, 0.5) is 26.2 Å². The minimum Gasteiger partial charge on any atom is -0.352 e. The first-order chi connectivity index (χ1) is 12.6. The SMILES string of the molecule is CC[C@@H](C)Nc1nc(Nc2cccc(F)c2F)cc(-c2ccncc2)n1. The largest absolute Gasteiger partial charge is 0.352 e. The van der Waals surface area contributed by atoms with Gasteiger partial charge in [-0.15, -0.1) is 0 Å². The first-order valence-corrected chi connectivity index (χ1v) is 8.34. The number of anilines is 3. The molecular weight excluding hydrogens is 336 g/mol. The Morgan fingerprint density at radius 3 is 2.58 bits per heavy atom. The summed E-state index contributed by atoms with van der Waals surface area (Å²) in [5, 5.41) is 6.04. The summed E-state index contributed by atoms with van der Waals surface area (Å²) < 4.78 is 27.4. The standard InChI is InChI=1S/C19H19F2N5/c1-3-12(2)23-19-25-16(13-7-9-22-10-8-13)11-17(26-19)24-15-6-4-5-14(20)18(15)21/h4-12H,3H2,1-2H3,(H2,23,24,25,26)/t12-/m1/s1. The number of pyridine rings is 1. The van der Waals surface area contributed by atoms with Crippen LogP contribution >= 0.6 is 0 Å². The van der Waals surface area contributed by atoms with Gasteiger partial charge in [0.25, 0.3) is 0 Å². The van der Waals surface area contributed by atoms with Gasteiger partial charge in [0, 0.05) is 30.1 Å². The lowest BCUT2D eigenvalue weighted by Gasteiger charge is -2.15. The summed E-state index contributed by atoms with van der Waals surface area (Å²) in [6.07, 6.45) is 4.22. The first-order valence-electron chi connectivity index (χ1n) is 8.34. The third-order valence-corrected chi connectivity index (χ3v) is 3.90. The van der Waals surface area contributed by atoms with Gasteiger partial charge in [0.2, 0.25) is 5.95 Å². The van der Waals surface area contributed by atoms with Crippen molar-refractivity contribution in [3.05, 3.63) is 60.4 Å². The smallest absolute Gasteiger partial charge is 0.225 e. The second kappa shape index (κ2) is 7.86. The minimum atomic E-state index is -0.951. The first kappa shape index (κ1) is 17.7. The van der Waals surface area contributed by atoms with Crippen molar-refractivity contribution in [3.8, 4) is 11.3 Å². The van der Waals surface area contributed by atoms with Gasteiger partial charge in [-0.1, -0.05) is 13.0 Å². The molecule has 0 saturated heterocycles. The summed E-state index contributed by atoms with van der Waals surface area (Å²) in [6.45, 7) is 4.06. The fourth-order valence-electron chi connectivity index (χ4n) is 2.31. The van der Waals surface area contributed by atoms with Crippen molar-refractivity contribution in [1.82, 2.24) is 15.0 Å². The van der Waals surface area contributed by atoms with Gasteiger partial charge in [-0.2, -0.15) is 4.98 Å². The molecule has 3 rings (SSSR count). The molecule has 3 aromatic rings. The molecule has 0 radical (unpaired) electrons. The molecule has 2 N–H and O–H groups in total. The molecule has 1 aromatic carbocycles. The van der Waals surface area contributed by atoms with Crippen molar-refractivity contribution in [1.29, 1.82) is 0 Å². The van der Waals surface area contributed by atoms with Gasteiger partial charge in [-0.3, -0.25) is 4.98 Å². The van der Waals surface area contributed by atoms with Gasteiger partial charge in [-0.05, 0) is 37.6 Å². The lowest BCUT2D eigenvalue weighted by atomic mass is 10.2. The molecule has 0 spiro atoms. The van der Waals surface area contributed by atoms with E-state index >= 15 is 0 Å².